The molecule has 0 saturated heterocycles. The number of nitrogens with zero attached hydrogens (tertiary/aromatic N) is 4. The van der Waals surface area contributed by atoms with E-state index in [1.54, 1.807) is 0 Å². The number of aromatic nitrogens is 4. The number of ether oxygens (including phenoxy) is 1. The fourth-order valence-electron chi connectivity index (χ4n) is 5.05. The van der Waals surface area contributed by atoms with E-state index in [2.05, 4.69) is 64.2 Å². The van der Waals surface area contributed by atoms with Crippen LogP contribution in [0.25, 0.3) is 28.1 Å². The molecule has 0 unspecified atom stereocenters. The topological polar surface area (TPSA) is 73.1 Å². The number of hydrogen-bond donors (Lipinski definition) is 1. The van der Waals surface area contributed by atoms with E-state index in [9.17, 15) is 5.11 Å². The van der Waals surface area contributed by atoms with Gasteiger partial charge in [-0.05, 0) is 42.9 Å². The highest BCUT2D eigenvalue weighted by atomic mass is 16.5. The van der Waals surface area contributed by atoms with Crippen molar-refractivity contribution in [3.05, 3.63) is 77.9 Å². The van der Waals surface area contributed by atoms with Gasteiger partial charge in [0.1, 0.15) is 11.5 Å². The van der Waals surface area contributed by atoms with Gasteiger partial charge in [-0.2, -0.15) is 0 Å². The number of benzene rings is 2. The largest absolute Gasteiger partial charge is 0.468 e. The molecule has 1 aliphatic heterocycles. The van der Waals surface area contributed by atoms with Gasteiger partial charge in [-0.15, -0.1) is 10.2 Å². The fourth-order valence-corrected chi connectivity index (χ4v) is 5.05. The zero-order chi connectivity index (χ0) is 22.6. The van der Waals surface area contributed by atoms with Gasteiger partial charge in [-0.3, -0.25) is 4.57 Å². The molecule has 1 fully saturated rings. The first kappa shape index (κ1) is 20.1. The van der Waals surface area contributed by atoms with Crippen molar-refractivity contribution in [2.45, 2.75) is 51.2 Å². The van der Waals surface area contributed by atoms with Crippen LogP contribution in [0.4, 0.5) is 0 Å². The second-order valence-corrected chi connectivity index (χ2v) is 9.31. The Morgan fingerprint density at radius 2 is 1.79 bits per heavy atom. The first-order valence-electron chi connectivity index (χ1n) is 11.5. The van der Waals surface area contributed by atoms with Crippen molar-refractivity contribution in [2.75, 3.05) is 0 Å². The lowest BCUT2D eigenvalue weighted by molar-refractivity contribution is -0.0313. The summed E-state index contributed by atoms with van der Waals surface area (Å²) in [6, 6.07) is 21.1. The summed E-state index contributed by atoms with van der Waals surface area (Å²) in [7, 11) is 0. The molecule has 1 saturated carbocycles. The predicted octanol–water partition coefficient (Wildman–Crippen LogP) is 5.08. The summed E-state index contributed by atoms with van der Waals surface area (Å²) in [6.07, 6.45) is 2.41. The molecule has 0 spiro atoms. The van der Waals surface area contributed by atoms with Crippen molar-refractivity contribution in [1.29, 1.82) is 0 Å². The van der Waals surface area contributed by atoms with Crippen LogP contribution in [0.15, 0.2) is 60.7 Å². The summed E-state index contributed by atoms with van der Waals surface area (Å²) in [5.41, 5.74) is 5.69. The maximum atomic E-state index is 10.1. The average Bonchev–Trinajstić information content (AvgIpc) is 3.26. The minimum Gasteiger partial charge on any atom is -0.468 e. The first-order valence-corrected chi connectivity index (χ1v) is 11.5. The third-order valence-electron chi connectivity index (χ3n) is 6.77. The third kappa shape index (κ3) is 3.42. The summed E-state index contributed by atoms with van der Waals surface area (Å²) in [4.78, 5) is 5.01. The van der Waals surface area contributed by atoms with E-state index in [-0.39, 0.29) is 0 Å². The molecule has 6 rings (SSSR count). The van der Waals surface area contributed by atoms with Crippen molar-refractivity contribution >= 4 is 0 Å². The van der Waals surface area contributed by atoms with Gasteiger partial charge in [0.25, 0.3) is 0 Å². The standard InChI is InChI=1S/C27H26N4O2/c1-3-23-29-30-24-16-33-26-22(31(23)24)13-21(18-7-5-4-6-8-18)25(28-26)19-11-9-17(10-12-19)20-14-27(2,32)15-20/h4-13,20,32H,3,14-16H2,1-2H3. The monoisotopic (exact) mass is 438 g/mol. The highest BCUT2D eigenvalue weighted by molar-refractivity contribution is 5.83. The normalized spacial score (nSPS) is 21.0. The van der Waals surface area contributed by atoms with Crippen LogP contribution >= 0.6 is 0 Å². The van der Waals surface area contributed by atoms with Crippen molar-refractivity contribution in [2.24, 2.45) is 0 Å². The molecule has 4 aromatic rings. The van der Waals surface area contributed by atoms with Crippen LogP contribution in [0.3, 0.4) is 0 Å². The number of aryl methyl sites for hydroxylation is 1. The first-order chi connectivity index (χ1) is 16.0. The molecule has 2 aromatic heterocycles. The molecule has 2 aliphatic rings. The molecule has 6 nitrogen and oxygen atoms in total. The maximum Gasteiger partial charge on any atom is 0.239 e. The molecular formula is C27H26N4O2. The Morgan fingerprint density at radius 3 is 2.48 bits per heavy atom. The minimum atomic E-state index is -0.528. The summed E-state index contributed by atoms with van der Waals surface area (Å²) >= 11 is 0. The maximum absolute atomic E-state index is 10.1. The van der Waals surface area contributed by atoms with E-state index in [0.717, 1.165) is 59.0 Å². The molecule has 3 heterocycles. The van der Waals surface area contributed by atoms with Gasteiger partial charge >= 0.3 is 0 Å². The Bertz CT molecular complexity index is 1300. The van der Waals surface area contributed by atoms with E-state index < -0.39 is 5.60 Å². The smallest absolute Gasteiger partial charge is 0.239 e. The van der Waals surface area contributed by atoms with Gasteiger partial charge in [0.2, 0.25) is 5.88 Å². The molecule has 1 N–H and O–H groups in total. The molecule has 0 amide bonds. The zero-order valence-corrected chi connectivity index (χ0v) is 18.8. The Morgan fingerprint density at radius 1 is 1.03 bits per heavy atom. The second-order valence-electron chi connectivity index (χ2n) is 9.31. The van der Waals surface area contributed by atoms with Gasteiger partial charge in [0.15, 0.2) is 12.4 Å². The van der Waals surface area contributed by atoms with Gasteiger partial charge in [-0.25, -0.2) is 4.98 Å². The van der Waals surface area contributed by atoms with Crippen LogP contribution in [0.5, 0.6) is 5.88 Å². The van der Waals surface area contributed by atoms with E-state index in [1.807, 2.05) is 25.1 Å². The molecule has 6 heteroatoms. The van der Waals surface area contributed by atoms with Gasteiger partial charge in [0.05, 0.1) is 11.3 Å². The van der Waals surface area contributed by atoms with Crippen LogP contribution in [-0.2, 0) is 13.0 Å². The fraction of sp³-hybridized carbons (Fsp3) is 0.296. The molecule has 0 radical (unpaired) electrons. The van der Waals surface area contributed by atoms with E-state index in [4.69, 9.17) is 9.72 Å². The highest BCUT2D eigenvalue weighted by Gasteiger charge is 2.39. The number of hydrogen-bond acceptors (Lipinski definition) is 5. The SMILES string of the molecule is CCc1nnc2n1-c1cc(-c3ccccc3)c(-c3ccc(C4CC(C)(O)C4)cc3)nc1OC2. The van der Waals surface area contributed by atoms with Crippen molar-refractivity contribution < 1.29 is 9.84 Å². The van der Waals surface area contributed by atoms with Crippen LogP contribution in [0, 0.1) is 0 Å². The highest BCUT2D eigenvalue weighted by Crippen LogP contribution is 2.45. The Balaban J connectivity index is 1.47. The minimum absolute atomic E-state index is 0.359. The Kier molecular flexibility index (Phi) is 4.59. The summed E-state index contributed by atoms with van der Waals surface area (Å²) in [5, 5.41) is 18.7. The number of pyridine rings is 1. The summed E-state index contributed by atoms with van der Waals surface area (Å²) in [5.74, 6) is 2.73. The molecule has 0 bridgehead atoms. The van der Waals surface area contributed by atoms with Gasteiger partial charge < -0.3 is 9.84 Å². The van der Waals surface area contributed by atoms with Crippen LogP contribution in [-0.4, -0.2) is 30.5 Å². The van der Waals surface area contributed by atoms with Crippen molar-refractivity contribution in [3.8, 4) is 34.0 Å². The predicted molar refractivity (Wildman–Crippen MR) is 126 cm³/mol. The molecule has 0 atom stereocenters. The Hall–Kier alpha value is -3.51. The number of rotatable bonds is 4. The van der Waals surface area contributed by atoms with E-state index >= 15 is 0 Å². The van der Waals surface area contributed by atoms with E-state index in [0.29, 0.717) is 18.4 Å². The molecular weight excluding hydrogens is 412 g/mol. The van der Waals surface area contributed by atoms with Crippen LogP contribution in [0.2, 0.25) is 0 Å². The second kappa shape index (κ2) is 7.52. The van der Waals surface area contributed by atoms with Crippen molar-refractivity contribution in [3.63, 3.8) is 0 Å². The lowest BCUT2D eigenvalue weighted by Gasteiger charge is -2.41. The zero-order valence-electron chi connectivity index (χ0n) is 18.8. The lowest BCUT2D eigenvalue weighted by Crippen LogP contribution is -2.39. The third-order valence-corrected chi connectivity index (χ3v) is 6.77. The van der Waals surface area contributed by atoms with E-state index in [1.165, 1.54) is 5.56 Å². The summed E-state index contributed by atoms with van der Waals surface area (Å²) in [6.45, 7) is 4.35. The number of aliphatic hydroxyl groups is 1. The molecule has 2 aromatic carbocycles. The molecule has 166 valence electrons. The average molecular weight is 439 g/mol. The summed E-state index contributed by atoms with van der Waals surface area (Å²) < 4.78 is 8.09. The molecule has 33 heavy (non-hydrogen) atoms. The molecule has 1 aliphatic carbocycles. The lowest BCUT2D eigenvalue weighted by atomic mass is 9.69. The van der Waals surface area contributed by atoms with Crippen LogP contribution in [0.1, 0.15) is 49.8 Å². The van der Waals surface area contributed by atoms with Crippen LogP contribution < -0.4 is 4.74 Å². The number of fused-ring (bicyclic) bond motifs is 3. The van der Waals surface area contributed by atoms with Gasteiger partial charge in [0, 0.05) is 17.5 Å². The van der Waals surface area contributed by atoms with Gasteiger partial charge in [-0.1, -0.05) is 61.5 Å². The Labute approximate surface area is 192 Å². The quantitative estimate of drug-likeness (QED) is 0.481. The van der Waals surface area contributed by atoms with Crippen molar-refractivity contribution in [1.82, 2.24) is 19.7 Å².